The summed E-state index contributed by atoms with van der Waals surface area (Å²) in [7, 11) is 0. The fourth-order valence-corrected chi connectivity index (χ4v) is 2.96. The molecule has 2 heterocycles. The number of nitrogens with zero attached hydrogens (tertiary/aromatic N) is 3. The first kappa shape index (κ1) is 17.0. The SMILES string of the molecule is CCc1ncc(CN2CCC(OCc3ccccc3F)CC2)cn1. The van der Waals surface area contributed by atoms with Gasteiger partial charge in [-0.25, -0.2) is 14.4 Å². The largest absolute Gasteiger partial charge is 0.373 e. The third kappa shape index (κ3) is 4.58. The summed E-state index contributed by atoms with van der Waals surface area (Å²) >= 11 is 0. The summed E-state index contributed by atoms with van der Waals surface area (Å²) in [5, 5.41) is 0. The first-order valence-electron chi connectivity index (χ1n) is 8.61. The van der Waals surface area contributed by atoms with Crippen molar-refractivity contribution in [1.82, 2.24) is 14.9 Å². The molecule has 3 rings (SSSR count). The maximum absolute atomic E-state index is 13.6. The molecule has 0 N–H and O–H groups in total. The Hall–Kier alpha value is -1.85. The Labute approximate surface area is 142 Å². The van der Waals surface area contributed by atoms with E-state index in [-0.39, 0.29) is 11.9 Å². The zero-order valence-electron chi connectivity index (χ0n) is 14.1. The van der Waals surface area contributed by atoms with Crippen LogP contribution in [0.3, 0.4) is 0 Å². The van der Waals surface area contributed by atoms with Gasteiger partial charge in [0.15, 0.2) is 0 Å². The molecular formula is C19H24FN3O. The molecule has 0 saturated carbocycles. The topological polar surface area (TPSA) is 38.2 Å². The van der Waals surface area contributed by atoms with E-state index >= 15 is 0 Å². The summed E-state index contributed by atoms with van der Waals surface area (Å²) in [6.07, 6.45) is 6.87. The molecular weight excluding hydrogens is 305 g/mol. The molecule has 0 atom stereocenters. The Bertz CT molecular complexity index is 639. The summed E-state index contributed by atoms with van der Waals surface area (Å²) < 4.78 is 19.5. The number of halogens is 1. The number of rotatable bonds is 6. The van der Waals surface area contributed by atoms with Crippen molar-refractivity contribution < 1.29 is 9.13 Å². The summed E-state index contributed by atoms with van der Waals surface area (Å²) in [6, 6.07) is 6.81. The normalized spacial score (nSPS) is 16.4. The van der Waals surface area contributed by atoms with E-state index in [0.29, 0.717) is 12.2 Å². The van der Waals surface area contributed by atoms with Crippen LogP contribution in [0.25, 0.3) is 0 Å². The molecule has 0 radical (unpaired) electrons. The van der Waals surface area contributed by atoms with Crippen molar-refractivity contribution in [3.63, 3.8) is 0 Å². The highest BCUT2D eigenvalue weighted by Gasteiger charge is 2.20. The van der Waals surface area contributed by atoms with Gasteiger partial charge in [0.25, 0.3) is 0 Å². The van der Waals surface area contributed by atoms with Gasteiger partial charge in [-0.05, 0) is 18.9 Å². The quantitative estimate of drug-likeness (QED) is 0.814. The molecule has 5 heteroatoms. The lowest BCUT2D eigenvalue weighted by atomic mass is 10.1. The fourth-order valence-electron chi connectivity index (χ4n) is 2.96. The maximum Gasteiger partial charge on any atom is 0.128 e. The van der Waals surface area contributed by atoms with Crippen LogP contribution in [0.4, 0.5) is 4.39 Å². The van der Waals surface area contributed by atoms with Gasteiger partial charge < -0.3 is 4.74 Å². The number of hydrogen-bond acceptors (Lipinski definition) is 4. The average molecular weight is 329 g/mol. The lowest BCUT2D eigenvalue weighted by Crippen LogP contribution is -2.36. The van der Waals surface area contributed by atoms with Crippen LogP contribution < -0.4 is 0 Å². The smallest absolute Gasteiger partial charge is 0.128 e. The predicted molar refractivity (Wildman–Crippen MR) is 90.9 cm³/mol. The number of aryl methyl sites for hydroxylation is 1. The Morgan fingerprint density at radius 1 is 1.17 bits per heavy atom. The molecule has 1 saturated heterocycles. The van der Waals surface area contributed by atoms with Gasteiger partial charge in [-0.3, -0.25) is 4.90 Å². The fraction of sp³-hybridized carbons (Fsp3) is 0.474. The summed E-state index contributed by atoms with van der Waals surface area (Å²) in [5.41, 5.74) is 1.78. The first-order valence-corrected chi connectivity index (χ1v) is 8.61. The molecule has 1 fully saturated rings. The zero-order chi connectivity index (χ0) is 16.8. The Morgan fingerprint density at radius 2 is 1.88 bits per heavy atom. The Morgan fingerprint density at radius 3 is 2.54 bits per heavy atom. The number of hydrogen-bond donors (Lipinski definition) is 0. The van der Waals surface area contributed by atoms with Crippen molar-refractivity contribution in [1.29, 1.82) is 0 Å². The molecule has 0 amide bonds. The van der Waals surface area contributed by atoms with Crippen LogP contribution in [-0.2, 0) is 24.3 Å². The van der Waals surface area contributed by atoms with Crippen molar-refractivity contribution in [2.75, 3.05) is 13.1 Å². The summed E-state index contributed by atoms with van der Waals surface area (Å²) in [4.78, 5) is 11.1. The third-order valence-corrected chi connectivity index (χ3v) is 4.45. The van der Waals surface area contributed by atoms with Gasteiger partial charge in [0.1, 0.15) is 11.6 Å². The highest BCUT2D eigenvalue weighted by molar-refractivity contribution is 5.16. The minimum atomic E-state index is -0.189. The molecule has 4 nitrogen and oxygen atoms in total. The van der Waals surface area contributed by atoms with E-state index in [4.69, 9.17) is 4.74 Å². The molecule has 0 aliphatic carbocycles. The van der Waals surface area contributed by atoms with Gasteiger partial charge in [-0.2, -0.15) is 0 Å². The van der Waals surface area contributed by atoms with E-state index in [2.05, 4.69) is 21.8 Å². The van der Waals surface area contributed by atoms with Crippen LogP contribution in [0.1, 0.15) is 36.7 Å². The number of likely N-dealkylation sites (tertiary alicyclic amines) is 1. The second kappa shape index (κ2) is 8.31. The molecule has 2 aromatic rings. The number of ether oxygens (including phenoxy) is 1. The minimum absolute atomic E-state index is 0.189. The van der Waals surface area contributed by atoms with E-state index in [9.17, 15) is 4.39 Å². The maximum atomic E-state index is 13.6. The van der Waals surface area contributed by atoms with Crippen LogP contribution in [-0.4, -0.2) is 34.1 Å². The van der Waals surface area contributed by atoms with E-state index in [1.54, 1.807) is 12.1 Å². The third-order valence-electron chi connectivity index (χ3n) is 4.45. The Balaban J connectivity index is 1.43. The minimum Gasteiger partial charge on any atom is -0.373 e. The van der Waals surface area contributed by atoms with E-state index in [0.717, 1.165) is 50.3 Å². The summed E-state index contributed by atoms with van der Waals surface area (Å²) in [6.45, 7) is 5.25. The summed E-state index contributed by atoms with van der Waals surface area (Å²) in [5.74, 6) is 0.699. The number of aromatic nitrogens is 2. The Kier molecular flexibility index (Phi) is 5.88. The molecule has 24 heavy (non-hydrogen) atoms. The van der Waals surface area contributed by atoms with E-state index in [1.807, 2.05) is 18.5 Å². The van der Waals surface area contributed by atoms with Crippen molar-refractivity contribution >= 4 is 0 Å². The second-order valence-corrected chi connectivity index (χ2v) is 6.24. The lowest BCUT2D eigenvalue weighted by molar-refractivity contribution is -0.00497. The number of piperidine rings is 1. The van der Waals surface area contributed by atoms with E-state index < -0.39 is 0 Å². The van der Waals surface area contributed by atoms with Gasteiger partial charge in [0.2, 0.25) is 0 Å². The molecule has 0 unspecified atom stereocenters. The van der Waals surface area contributed by atoms with Crippen molar-refractivity contribution in [3.8, 4) is 0 Å². The molecule has 1 aliphatic heterocycles. The molecule has 1 aromatic heterocycles. The van der Waals surface area contributed by atoms with Gasteiger partial charge in [0.05, 0.1) is 12.7 Å². The van der Waals surface area contributed by atoms with E-state index in [1.165, 1.54) is 6.07 Å². The molecule has 0 spiro atoms. The molecule has 1 aliphatic rings. The van der Waals surface area contributed by atoms with Crippen molar-refractivity contribution in [3.05, 3.63) is 59.4 Å². The molecule has 1 aromatic carbocycles. The van der Waals surface area contributed by atoms with Crippen molar-refractivity contribution in [2.24, 2.45) is 0 Å². The average Bonchev–Trinajstić information content (AvgIpc) is 2.63. The number of benzene rings is 1. The van der Waals surface area contributed by atoms with Gasteiger partial charge in [-0.1, -0.05) is 25.1 Å². The van der Waals surface area contributed by atoms with Crippen molar-refractivity contribution in [2.45, 2.75) is 45.4 Å². The lowest BCUT2D eigenvalue weighted by Gasteiger charge is -2.31. The van der Waals surface area contributed by atoms with Crippen LogP contribution in [0.15, 0.2) is 36.7 Å². The predicted octanol–water partition coefficient (Wildman–Crippen LogP) is 3.36. The molecule has 128 valence electrons. The second-order valence-electron chi connectivity index (χ2n) is 6.24. The van der Waals surface area contributed by atoms with Crippen LogP contribution in [0.2, 0.25) is 0 Å². The van der Waals surface area contributed by atoms with Crippen LogP contribution >= 0.6 is 0 Å². The van der Waals surface area contributed by atoms with Crippen LogP contribution in [0.5, 0.6) is 0 Å². The van der Waals surface area contributed by atoms with Gasteiger partial charge in [0, 0.05) is 49.6 Å². The standard InChI is InChI=1S/C19H24FN3O/c1-2-19-21-11-15(12-22-19)13-23-9-7-17(8-10-23)24-14-16-5-3-4-6-18(16)20/h3-6,11-12,17H,2,7-10,13-14H2,1H3. The van der Waals surface area contributed by atoms with Gasteiger partial charge in [-0.15, -0.1) is 0 Å². The molecule has 0 bridgehead atoms. The highest BCUT2D eigenvalue weighted by atomic mass is 19.1. The first-order chi connectivity index (χ1) is 11.7. The van der Waals surface area contributed by atoms with Crippen LogP contribution in [0, 0.1) is 5.82 Å². The zero-order valence-corrected chi connectivity index (χ0v) is 14.1. The monoisotopic (exact) mass is 329 g/mol. The van der Waals surface area contributed by atoms with Gasteiger partial charge >= 0.3 is 0 Å². The highest BCUT2D eigenvalue weighted by Crippen LogP contribution is 2.18.